The van der Waals surface area contributed by atoms with E-state index in [2.05, 4.69) is 0 Å². The summed E-state index contributed by atoms with van der Waals surface area (Å²) in [5.41, 5.74) is -2.98. The molecule has 2 rings (SSSR count). The summed E-state index contributed by atoms with van der Waals surface area (Å²) in [7, 11) is 2.55. The van der Waals surface area contributed by atoms with Crippen molar-refractivity contribution in [3.05, 3.63) is 63.2 Å². The van der Waals surface area contributed by atoms with E-state index in [4.69, 9.17) is 9.47 Å². The highest BCUT2D eigenvalue weighted by atomic mass is 19.4. The van der Waals surface area contributed by atoms with Crippen LogP contribution in [0.5, 0.6) is 11.5 Å². The maximum Gasteiger partial charge on any atom is 0.418 e. The number of carbonyl (C=O) groups is 1. The number of nitriles is 1. The number of para-hydroxylation sites is 1. The molecule has 30 heavy (non-hydrogen) atoms. The molecule has 0 atom stereocenters. The lowest BCUT2D eigenvalue weighted by molar-refractivity contribution is -0.385. The fraction of sp³-hybridized carbons (Fsp3) is 0.158. The van der Waals surface area contributed by atoms with Crippen molar-refractivity contribution < 1.29 is 32.4 Å². The molecule has 0 aliphatic rings. The van der Waals surface area contributed by atoms with Gasteiger partial charge in [-0.2, -0.15) is 18.4 Å². The molecule has 0 saturated heterocycles. The summed E-state index contributed by atoms with van der Waals surface area (Å²) in [5.74, 6) is -1.03. The van der Waals surface area contributed by atoms with Gasteiger partial charge in [-0.25, -0.2) is 0 Å². The Hall–Kier alpha value is -4.07. The zero-order valence-electron chi connectivity index (χ0n) is 15.6. The number of ether oxygens (including phenoxy) is 2. The zero-order valence-corrected chi connectivity index (χ0v) is 15.6. The van der Waals surface area contributed by atoms with Crippen LogP contribution in [0.3, 0.4) is 0 Å². The number of rotatable bonds is 6. The molecule has 11 heteroatoms. The van der Waals surface area contributed by atoms with E-state index >= 15 is 0 Å². The molecule has 0 saturated carbocycles. The van der Waals surface area contributed by atoms with Crippen LogP contribution in [-0.4, -0.2) is 25.1 Å². The third-order valence-electron chi connectivity index (χ3n) is 3.88. The van der Waals surface area contributed by atoms with E-state index in [-0.39, 0.29) is 17.1 Å². The lowest BCUT2D eigenvalue weighted by atomic mass is 10.1. The van der Waals surface area contributed by atoms with Crippen molar-refractivity contribution in [3.63, 3.8) is 0 Å². The Bertz CT molecular complexity index is 1060. The van der Waals surface area contributed by atoms with E-state index in [9.17, 15) is 33.3 Å². The van der Waals surface area contributed by atoms with Crippen LogP contribution in [0.1, 0.15) is 11.1 Å². The molecule has 1 amide bonds. The zero-order chi connectivity index (χ0) is 22.5. The van der Waals surface area contributed by atoms with Gasteiger partial charge in [0.1, 0.15) is 11.6 Å². The van der Waals surface area contributed by atoms with Crippen molar-refractivity contribution in [2.45, 2.75) is 6.18 Å². The molecule has 0 heterocycles. The SMILES string of the molecule is COc1cc(/C=C(\C#N)C(=O)Nc2ccccc2C(F)(F)F)c([N+](=O)[O-])cc1OC. The largest absolute Gasteiger partial charge is 0.493 e. The highest BCUT2D eigenvalue weighted by Crippen LogP contribution is 2.36. The molecular formula is C19H14F3N3O5. The Morgan fingerprint density at radius 2 is 1.80 bits per heavy atom. The maximum absolute atomic E-state index is 13.1. The standard InChI is InChI=1S/C19H14F3N3O5/c1-29-16-8-11(15(25(27)28)9-17(16)30-2)7-12(10-23)18(26)24-14-6-4-3-5-13(14)19(20,21)22/h3-9H,1-2H3,(H,24,26)/b12-7+. The van der Waals surface area contributed by atoms with Crippen molar-refractivity contribution in [1.29, 1.82) is 5.26 Å². The third kappa shape index (κ3) is 4.85. The lowest BCUT2D eigenvalue weighted by Gasteiger charge is -2.13. The van der Waals surface area contributed by atoms with Crippen LogP contribution in [-0.2, 0) is 11.0 Å². The van der Waals surface area contributed by atoms with Crippen molar-refractivity contribution in [1.82, 2.24) is 0 Å². The number of nitrogens with one attached hydrogen (secondary N) is 1. The number of nitro groups is 1. The predicted octanol–water partition coefficient (Wildman–Crippen LogP) is 4.18. The van der Waals surface area contributed by atoms with E-state index in [0.29, 0.717) is 0 Å². The van der Waals surface area contributed by atoms with Gasteiger partial charge >= 0.3 is 6.18 Å². The first-order valence-corrected chi connectivity index (χ1v) is 8.12. The minimum Gasteiger partial charge on any atom is -0.493 e. The number of benzene rings is 2. The Labute approximate surface area is 168 Å². The number of alkyl halides is 3. The van der Waals surface area contributed by atoms with Crippen molar-refractivity contribution in [2.24, 2.45) is 0 Å². The number of halogens is 3. The molecule has 0 spiro atoms. The molecule has 2 aromatic rings. The number of nitro benzene ring substituents is 1. The van der Waals surface area contributed by atoms with E-state index in [1.54, 1.807) is 0 Å². The minimum absolute atomic E-state index is 0.0448. The van der Waals surface area contributed by atoms with Crippen LogP contribution in [0.15, 0.2) is 42.0 Å². The van der Waals surface area contributed by atoms with Gasteiger partial charge < -0.3 is 14.8 Å². The number of amides is 1. The summed E-state index contributed by atoms with van der Waals surface area (Å²) in [6, 6.07) is 7.96. The highest BCUT2D eigenvalue weighted by molar-refractivity contribution is 6.10. The Morgan fingerprint density at radius 1 is 1.20 bits per heavy atom. The van der Waals surface area contributed by atoms with E-state index in [0.717, 1.165) is 30.3 Å². The smallest absolute Gasteiger partial charge is 0.418 e. The molecule has 0 aromatic heterocycles. The molecule has 0 unspecified atom stereocenters. The van der Waals surface area contributed by atoms with Crippen LogP contribution in [0.4, 0.5) is 24.5 Å². The summed E-state index contributed by atoms with van der Waals surface area (Å²) in [6.07, 6.45) is -3.85. The van der Waals surface area contributed by atoms with E-state index in [1.807, 2.05) is 5.32 Å². The molecule has 0 aliphatic heterocycles. The average molecular weight is 421 g/mol. The van der Waals surface area contributed by atoms with Gasteiger partial charge in [-0.3, -0.25) is 14.9 Å². The van der Waals surface area contributed by atoms with E-state index < -0.39 is 39.5 Å². The molecule has 0 radical (unpaired) electrons. The summed E-state index contributed by atoms with van der Waals surface area (Å²) in [4.78, 5) is 23.0. The van der Waals surface area contributed by atoms with Crippen LogP contribution in [0.2, 0.25) is 0 Å². The quantitative estimate of drug-likeness (QED) is 0.324. The van der Waals surface area contributed by atoms with Gasteiger partial charge in [-0.15, -0.1) is 0 Å². The Morgan fingerprint density at radius 3 is 2.33 bits per heavy atom. The van der Waals surface area contributed by atoms with Crippen molar-refractivity contribution in [2.75, 3.05) is 19.5 Å². The summed E-state index contributed by atoms with van der Waals surface area (Å²) in [6.45, 7) is 0. The second-order valence-electron chi connectivity index (χ2n) is 5.69. The van der Waals surface area contributed by atoms with Gasteiger partial charge in [0.05, 0.1) is 42.0 Å². The lowest BCUT2D eigenvalue weighted by Crippen LogP contribution is -2.17. The monoisotopic (exact) mass is 421 g/mol. The van der Waals surface area contributed by atoms with Gasteiger partial charge in [0.25, 0.3) is 11.6 Å². The fourth-order valence-electron chi connectivity index (χ4n) is 2.49. The molecule has 156 valence electrons. The van der Waals surface area contributed by atoms with Gasteiger partial charge in [0.2, 0.25) is 0 Å². The molecule has 2 aromatic carbocycles. The summed E-state index contributed by atoms with van der Waals surface area (Å²) in [5, 5.41) is 22.7. The fourth-order valence-corrected chi connectivity index (χ4v) is 2.49. The molecule has 0 fully saturated rings. The van der Waals surface area contributed by atoms with Crippen LogP contribution in [0, 0.1) is 21.4 Å². The molecule has 8 nitrogen and oxygen atoms in total. The Balaban J connectivity index is 2.50. The second kappa shape index (κ2) is 8.95. The molecule has 0 aliphatic carbocycles. The molecule has 1 N–H and O–H groups in total. The average Bonchev–Trinajstić information content (AvgIpc) is 2.70. The van der Waals surface area contributed by atoms with Gasteiger partial charge in [0.15, 0.2) is 11.5 Å². The topological polar surface area (TPSA) is 114 Å². The van der Waals surface area contributed by atoms with Gasteiger partial charge in [0, 0.05) is 0 Å². The predicted molar refractivity (Wildman–Crippen MR) is 99.9 cm³/mol. The highest BCUT2D eigenvalue weighted by Gasteiger charge is 2.33. The first kappa shape index (κ1) is 22.2. The maximum atomic E-state index is 13.1. The molecule has 0 bridgehead atoms. The number of hydrogen-bond donors (Lipinski definition) is 1. The van der Waals surface area contributed by atoms with Gasteiger partial charge in [-0.05, 0) is 24.3 Å². The minimum atomic E-state index is -4.73. The van der Waals surface area contributed by atoms with Crippen LogP contribution < -0.4 is 14.8 Å². The van der Waals surface area contributed by atoms with E-state index in [1.165, 1.54) is 32.4 Å². The number of nitrogens with zero attached hydrogens (tertiary/aromatic N) is 2. The number of hydrogen-bond acceptors (Lipinski definition) is 6. The summed E-state index contributed by atoms with van der Waals surface area (Å²) >= 11 is 0. The van der Waals surface area contributed by atoms with Crippen LogP contribution in [0.25, 0.3) is 6.08 Å². The number of carbonyl (C=O) groups excluding carboxylic acids is 1. The first-order valence-electron chi connectivity index (χ1n) is 8.12. The number of anilines is 1. The molecular weight excluding hydrogens is 407 g/mol. The first-order chi connectivity index (χ1) is 14.1. The third-order valence-corrected chi connectivity index (χ3v) is 3.88. The van der Waals surface area contributed by atoms with Gasteiger partial charge in [-0.1, -0.05) is 12.1 Å². The number of methoxy groups -OCH3 is 2. The normalized spacial score (nSPS) is 11.4. The van der Waals surface area contributed by atoms with Crippen LogP contribution >= 0.6 is 0 Å². The second-order valence-corrected chi connectivity index (χ2v) is 5.69. The van der Waals surface area contributed by atoms with Crippen molar-refractivity contribution in [3.8, 4) is 17.6 Å². The van der Waals surface area contributed by atoms with Crippen molar-refractivity contribution >= 4 is 23.4 Å². The summed E-state index contributed by atoms with van der Waals surface area (Å²) < 4.78 is 49.3. The Kier molecular flexibility index (Phi) is 6.63.